The molecule has 0 aliphatic carbocycles. The van der Waals surface area contributed by atoms with Crippen LogP contribution in [-0.2, 0) is 0 Å². The summed E-state index contributed by atoms with van der Waals surface area (Å²) in [5.74, 6) is 0. The zero-order valence-corrected chi connectivity index (χ0v) is 11.2. The van der Waals surface area contributed by atoms with Crippen molar-refractivity contribution in [3.8, 4) is 0 Å². The first-order valence-electron chi connectivity index (χ1n) is 5.23. The van der Waals surface area contributed by atoms with Crippen LogP contribution in [0, 0.1) is 0 Å². The zero-order valence-electron chi connectivity index (χ0n) is 10.5. The number of likely N-dealkylation sites (N-methyl/N-ethyl adjacent to an activating group) is 1. The molecule has 0 aromatic rings. The number of hydrogen-bond donors (Lipinski definition) is 1. The molecule has 0 radical (unpaired) electrons. The van der Waals surface area contributed by atoms with E-state index < -0.39 is 5.60 Å². The second-order valence-corrected chi connectivity index (χ2v) is 5.43. The average molecular weight is 224 g/mol. The topological polar surface area (TPSA) is 20.2 Å². The average Bonchev–Trinajstić information content (AvgIpc) is 1.81. The van der Waals surface area contributed by atoms with Crippen molar-refractivity contribution in [1.82, 2.24) is 0 Å². The van der Waals surface area contributed by atoms with Crippen molar-refractivity contribution in [3.05, 3.63) is 0 Å². The number of nitrogens with zero attached hydrogens (tertiary/aromatic N) is 1. The minimum absolute atomic E-state index is 0. The molecule has 0 aliphatic heterocycles. The van der Waals surface area contributed by atoms with E-state index in [1.807, 2.05) is 13.8 Å². The Kier molecular flexibility index (Phi) is 7.06. The molecular formula is C11H26ClNO. The van der Waals surface area contributed by atoms with Gasteiger partial charge in [-0.2, -0.15) is 0 Å². The van der Waals surface area contributed by atoms with Gasteiger partial charge in [0, 0.05) is 6.42 Å². The van der Waals surface area contributed by atoms with Crippen molar-refractivity contribution in [2.45, 2.75) is 51.7 Å². The van der Waals surface area contributed by atoms with E-state index in [9.17, 15) is 5.11 Å². The van der Waals surface area contributed by atoms with Gasteiger partial charge in [-0.3, -0.25) is 0 Å². The number of rotatable bonds is 5. The molecule has 0 spiro atoms. The first-order valence-corrected chi connectivity index (χ1v) is 5.23. The van der Waals surface area contributed by atoms with Crippen molar-refractivity contribution < 1.29 is 22.0 Å². The third-order valence-electron chi connectivity index (χ3n) is 2.58. The largest absolute Gasteiger partial charge is 1.00 e. The normalized spacial score (nSPS) is 14.8. The van der Waals surface area contributed by atoms with E-state index in [1.54, 1.807) is 0 Å². The van der Waals surface area contributed by atoms with E-state index in [0.717, 1.165) is 10.9 Å². The summed E-state index contributed by atoms with van der Waals surface area (Å²) < 4.78 is 0.837. The second kappa shape index (κ2) is 5.94. The van der Waals surface area contributed by atoms with E-state index in [2.05, 4.69) is 28.1 Å². The van der Waals surface area contributed by atoms with E-state index in [1.165, 1.54) is 12.8 Å². The quantitative estimate of drug-likeness (QED) is 0.595. The fraction of sp³-hybridized carbons (Fsp3) is 1.00. The Morgan fingerprint density at radius 2 is 1.64 bits per heavy atom. The zero-order chi connectivity index (χ0) is 10.7. The lowest BCUT2D eigenvalue weighted by atomic mass is 9.91. The van der Waals surface area contributed by atoms with Gasteiger partial charge in [0.2, 0.25) is 0 Å². The predicted octanol–water partition coefficient (Wildman–Crippen LogP) is -0.974. The van der Waals surface area contributed by atoms with E-state index >= 15 is 0 Å². The lowest BCUT2D eigenvalue weighted by Crippen LogP contribution is -3.00. The second-order valence-electron chi connectivity index (χ2n) is 5.43. The lowest BCUT2D eigenvalue weighted by Gasteiger charge is -2.41. The summed E-state index contributed by atoms with van der Waals surface area (Å²) in [7, 11) is 6.45. The number of aliphatic hydroxyl groups is 1. The highest BCUT2D eigenvalue weighted by Crippen LogP contribution is 2.23. The van der Waals surface area contributed by atoms with Crippen molar-refractivity contribution >= 4 is 0 Å². The monoisotopic (exact) mass is 223 g/mol. The van der Waals surface area contributed by atoms with Gasteiger partial charge in [-0.15, -0.1) is 0 Å². The maximum absolute atomic E-state index is 10.0. The molecule has 0 saturated carbocycles. The minimum atomic E-state index is -0.576. The van der Waals surface area contributed by atoms with Gasteiger partial charge in [0.1, 0.15) is 11.6 Å². The van der Waals surface area contributed by atoms with Gasteiger partial charge in [-0.25, -0.2) is 0 Å². The summed E-state index contributed by atoms with van der Waals surface area (Å²) in [4.78, 5) is 0. The highest BCUT2D eigenvalue weighted by atomic mass is 35.5. The summed E-state index contributed by atoms with van der Waals surface area (Å²) in [6.45, 7) is 6.02. The first-order chi connectivity index (χ1) is 5.69. The Balaban J connectivity index is 0. The van der Waals surface area contributed by atoms with Crippen LogP contribution in [-0.4, -0.2) is 42.4 Å². The Labute approximate surface area is 95.3 Å². The summed E-state index contributed by atoms with van der Waals surface area (Å²) in [6.07, 6.45) is 3.50. The van der Waals surface area contributed by atoms with Gasteiger partial charge >= 0.3 is 0 Å². The summed E-state index contributed by atoms with van der Waals surface area (Å²) in [5.41, 5.74) is -0.576. The fourth-order valence-electron chi connectivity index (χ4n) is 2.09. The molecule has 0 fully saturated rings. The molecule has 0 aromatic carbocycles. The fourth-order valence-corrected chi connectivity index (χ4v) is 2.09. The first kappa shape index (κ1) is 16.6. The molecule has 3 heteroatoms. The number of quaternary nitrogens is 1. The molecule has 0 aliphatic rings. The molecule has 14 heavy (non-hydrogen) atoms. The van der Waals surface area contributed by atoms with Gasteiger partial charge in [0.05, 0.1) is 21.1 Å². The van der Waals surface area contributed by atoms with Crippen LogP contribution >= 0.6 is 0 Å². The molecule has 0 saturated heterocycles. The Morgan fingerprint density at radius 3 is 1.86 bits per heavy atom. The van der Waals surface area contributed by atoms with Crippen LogP contribution in [0.5, 0.6) is 0 Å². The van der Waals surface area contributed by atoms with Crippen LogP contribution < -0.4 is 12.4 Å². The van der Waals surface area contributed by atoms with Crippen LogP contribution in [0.1, 0.15) is 40.0 Å². The maximum Gasteiger partial charge on any atom is 0.117 e. The van der Waals surface area contributed by atoms with E-state index in [4.69, 9.17) is 0 Å². The molecule has 0 aromatic heterocycles. The van der Waals surface area contributed by atoms with Crippen LogP contribution in [0.15, 0.2) is 0 Å². The van der Waals surface area contributed by atoms with Crippen LogP contribution in [0.3, 0.4) is 0 Å². The molecule has 0 heterocycles. The molecule has 88 valence electrons. The van der Waals surface area contributed by atoms with Crippen molar-refractivity contribution in [1.29, 1.82) is 0 Å². The van der Waals surface area contributed by atoms with E-state index in [0.29, 0.717) is 6.04 Å². The molecule has 2 nitrogen and oxygen atoms in total. The summed E-state index contributed by atoms with van der Waals surface area (Å²) in [5, 5.41) is 10.0. The smallest absolute Gasteiger partial charge is 0.117 e. The predicted molar refractivity (Wildman–Crippen MR) is 57.6 cm³/mol. The van der Waals surface area contributed by atoms with Crippen molar-refractivity contribution in [3.63, 3.8) is 0 Å². The number of hydrogen-bond acceptors (Lipinski definition) is 1. The van der Waals surface area contributed by atoms with Gasteiger partial charge in [0.15, 0.2) is 0 Å². The standard InChI is InChI=1S/C11H26NO.ClH/c1-7-8-9-10(11(2,3)13)12(4,5)6;/h10,13H,7-9H2,1-6H3;1H/q+1;/p-1. The Hall–Kier alpha value is 0.210. The third-order valence-corrected chi connectivity index (χ3v) is 2.58. The molecule has 0 rings (SSSR count). The third kappa shape index (κ3) is 5.84. The molecule has 1 unspecified atom stereocenters. The molecule has 1 N–H and O–H groups in total. The van der Waals surface area contributed by atoms with Gasteiger partial charge in [-0.05, 0) is 20.3 Å². The van der Waals surface area contributed by atoms with Crippen LogP contribution in [0.2, 0.25) is 0 Å². The molecule has 1 atom stereocenters. The van der Waals surface area contributed by atoms with Gasteiger partial charge in [0.25, 0.3) is 0 Å². The van der Waals surface area contributed by atoms with Gasteiger partial charge in [-0.1, -0.05) is 13.3 Å². The molecule has 0 amide bonds. The lowest BCUT2D eigenvalue weighted by molar-refractivity contribution is -0.903. The Bertz CT molecular complexity index is 132. The summed E-state index contributed by atoms with van der Waals surface area (Å²) in [6, 6.07) is 0.326. The molecular weight excluding hydrogens is 198 g/mol. The highest BCUT2D eigenvalue weighted by molar-refractivity contribution is 4.77. The SMILES string of the molecule is CCCCC(C(C)(C)O)[N+](C)(C)C.[Cl-]. The number of halogens is 1. The van der Waals surface area contributed by atoms with Crippen LogP contribution in [0.4, 0.5) is 0 Å². The minimum Gasteiger partial charge on any atom is -1.00 e. The maximum atomic E-state index is 10.0. The number of unbranched alkanes of at least 4 members (excludes halogenated alkanes) is 1. The van der Waals surface area contributed by atoms with Gasteiger partial charge < -0.3 is 22.0 Å². The summed E-state index contributed by atoms with van der Waals surface area (Å²) >= 11 is 0. The van der Waals surface area contributed by atoms with Crippen LogP contribution in [0.25, 0.3) is 0 Å². The Morgan fingerprint density at radius 1 is 1.21 bits per heavy atom. The molecule has 0 bridgehead atoms. The highest BCUT2D eigenvalue weighted by Gasteiger charge is 2.36. The van der Waals surface area contributed by atoms with Crippen molar-refractivity contribution in [2.75, 3.05) is 21.1 Å². The van der Waals surface area contributed by atoms with Crippen molar-refractivity contribution in [2.24, 2.45) is 0 Å². The van der Waals surface area contributed by atoms with E-state index in [-0.39, 0.29) is 12.4 Å².